The van der Waals surface area contributed by atoms with Crippen molar-refractivity contribution < 1.29 is 43.0 Å². The van der Waals surface area contributed by atoms with Gasteiger partial charge in [0.15, 0.2) is 11.6 Å². The topological polar surface area (TPSA) is 213 Å². The maximum atomic E-state index is 15.1. The van der Waals surface area contributed by atoms with Gasteiger partial charge in [0.25, 0.3) is 0 Å². The summed E-state index contributed by atoms with van der Waals surface area (Å²) in [6.45, 7) is 9.20. The fraction of sp³-hybridized carbons (Fsp3) is 0.491. The van der Waals surface area contributed by atoms with Crippen LogP contribution in [0.3, 0.4) is 0 Å². The highest BCUT2D eigenvalue weighted by Crippen LogP contribution is 2.39. The number of aryl methyl sites for hydroxylation is 3. The molecule has 7 rings (SSSR count). The summed E-state index contributed by atoms with van der Waals surface area (Å²) in [6, 6.07) is 14.7. The van der Waals surface area contributed by atoms with Crippen LogP contribution < -0.4 is 31.3 Å². The standard InChI is InChI=1S/C53H66FN7O8S/c1-31(34-18-20-36(21-19-34)48-32(2)56-30-70-48)57-50(66)41-27-39(62)28-60(41)52(68)49(53(3,4)5)59-45(64)15-8-6-7-11-33-17-23-40(54)43(25-33)69-29-38(22-24-44(55)63)58-51(67)42-26-37-14-9-12-35-13-10-16-46(65)61(42)47(35)37/h9,12,14,17-21,23,25,30-31,38-39,41-42,49,62H,6-8,10-11,13,15-16,22,24,26-29H2,1-5H3,(H2,55,63)(H,57,66)(H,58,67)(H,59,64)/t31-,38-,39+,41-,42-,49+/m0/s1. The molecule has 1 saturated heterocycles. The number of amides is 6. The van der Waals surface area contributed by atoms with Crippen LogP contribution in [0.5, 0.6) is 5.75 Å². The molecule has 70 heavy (non-hydrogen) atoms. The van der Waals surface area contributed by atoms with Gasteiger partial charge in [0.2, 0.25) is 35.4 Å². The summed E-state index contributed by atoms with van der Waals surface area (Å²) < 4.78 is 21.0. The molecular weight excluding hydrogens is 914 g/mol. The van der Waals surface area contributed by atoms with Gasteiger partial charge in [-0.25, -0.2) is 9.37 Å². The first-order valence-electron chi connectivity index (χ1n) is 24.4. The molecule has 6 N–H and O–H groups in total. The Morgan fingerprint density at radius 1 is 0.943 bits per heavy atom. The van der Waals surface area contributed by atoms with E-state index in [1.165, 1.54) is 11.0 Å². The van der Waals surface area contributed by atoms with Crippen LogP contribution >= 0.6 is 11.3 Å². The highest BCUT2D eigenvalue weighted by Gasteiger charge is 2.45. The van der Waals surface area contributed by atoms with Gasteiger partial charge in [-0.3, -0.25) is 33.7 Å². The summed E-state index contributed by atoms with van der Waals surface area (Å²) in [7, 11) is 0. The molecule has 0 unspecified atom stereocenters. The Morgan fingerprint density at radius 2 is 1.69 bits per heavy atom. The molecule has 1 fully saturated rings. The Labute approximate surface area is 413 Å². The number of halogens is 1. The number of likely N-dealkylation sites (tertiary alicyclic amines) is 1. The summed E-state index contributed by atoms with van der Waals surface area (Å²) in [5.74, 6) is -2.78. The second-order valence-electron chi connectivity index (χ2n) is 20.0. The molecular formula is C53H66FN7O8S. The fourth-order valence-electron chi connectivity index (χ4n) is 9.69. The zero-order chi connectivity index (χ0) is 50.3. The quantitative estimate of drug-likeness (QED) is 0.0642. The third-order valence-corrected chi connectivity index (χ3v) is 14.5. The smallest absolute Gasteiger partial charge is 0.246 e. The molecule has 0 spiro atoms. The number of aromatic nitrogens is 1. The minimum absolute atomic E-state index is 0.0126. The van der Waals surface area contributed by atoms with Gasteiger partial charge in [0, 0.05) is 38.6 Å². The van der Waals surface area contributed by atoms with Crippen molar-refractivity contribution >= 4 is 52.5 Å². The number of primary amides is 1. The number of nitrogens with two attached hydrogens (primary N) is 1. The number of nitrogens with zero attached hydrogens (tertiary/aromatic N) is 3. The van der Waals surface area contributed by atoms with Crippen molar-refractivity contribution in [2.75, 3.05) is 18.1 Å². The molecule has 6 atom stereocenters. The van der Waals surface area contributed by atoms with Crippen LogP contribution in [-0.4, -0.2) is 93.9 Å². The Hall–Kier alpha value is -6.20. The SMILES string of the molecule is Cc1ncsc1-c1ccc([C@H](C)NC(=O)[C@@H]2C[C@@H](O)CN2C(=O)[C@@H](NC(=O)CCCCCc2ccc(F)c(OC[C@H](CCC(N)=O)NC(=O)[C@@H]3Cc4cccc5c4N3C(=O)CCC5)c2)C(C)(C)C)cc1. The zero-order valence-corrected chi connectivity index (χ0v) is 41.5. The van der Waals surface area contributed by atoms with Crippen molar-refractivity contribution in [3.8, 4) is 16.2 Å². The Bertz CT molecular complexity index is 2560. The average molecular weight is 980 g/mol. The molecule has 3 aliphatic heterocycles. The monoisotopic (exact) mass is 979 g/mol. The van der Waals surface area contributed by atoms with Gasteiger partial charge in [-0.05, 0) is 97.7 Å². The Balaban J connectivity index is 0.882. The predicted octanol–water partition coefficient (Wildman–Crippen LogP) is 6.15. The maximum absolute atomic E-state index is 15.1. The zero-order valence-electron chi connectivity index (χ0n) is 40.7. The first-order valence-corrected chi connectivity index (χ1v) is 25.3. The number of unbranched alkanes of at least 4 members (excludes halogenated alkanes) is 2. The van der Waals surface area contributed by atoms with Crippen LogP contribution in [0.25, 0.3) is 10.4 Å². The molecule has 0 radical (unpaired) electrons. The molecule has 1 aromatic heterocycles. The average Bonchev–Trinajstić information content (AvgIpc) is 4.02. The van der Waals surface area contributed by atoms with Crippen LogP contribution in [-0.2, 0) is 48.0 Å². The molecule has 4 aromatic rings. The van der Waals surface area contributed by atoms with Crippen LogP contribution in [0, 0.1) is 18.2 Å². The highest BCUT2D eigenvalue weighted by atomic mass is 32.1. The summed E-state index contributed by atoms with van der Waals surface area (Å²) in [6.07, 6.45) is 4.03. The number of benzene rings is 3. The van der Waals surface area contributed by atoms with Crippen molar-refractivity contribution in [3.05, 3.63) is 99.9 Å². The number of carbonyl (C=O) groups is 6. The number of hydrogen-bond donors (Lipinski definition) is 5. The highest BCUT2D eigenvalue weighted by molar-refractivity contribution is 7.13. The lowest BCUT2D eigenvalue weighted by Crippen LogP contribution is -2.57. The summed E-state index contributed by atoms with van der Waals surface area (Å²) >= 11 is 1.56. The number of β-amino-alcohol motifs (C(OH)–C–C–N with tert-alkyl or cyclic N) is 1. The van der Waals surface area contributed by atoms with Crippen molar-refractivity contribution in [2.45, 2.75) is 148 Å². The number of aliphatic hydroxyl groups is 1. The van der Waals surface area contributed by atoms with Crippen molar-refractivity contribution in [3.63, 3.8) is 0 Å². The number of carbonyl (C=O) groups excluding carboxylic acids is 6. The van der Waals surface area contributed by atoms with Gasteiger partial charge in [-0.15, -0.1) is 11.3 Å². The van der Waals surface area contributed by atoms with E-state index in [1.807, 2.05) is 82.6 Å². The predicted molar refractivity (Wildman–Crippen MR) is 265 cm³/mol. The van der Waals surface area contributed by atoms with E-state index in [-0.39, 0.29) is 74.3 Å². The van der Waals surface area contributed by atoms with Crippen LogP contribution in [0.1, 0.15) is 119 Å². The normalized spacial score (nSPS) is 18.9. The number of aliphatic hydroxyl groups excluding tert-OH is 1. The summed E-state index contributed by atoms with van der Waals surface area (Å²) in [5.41, 5.74) is 13.0. The van der Waals surface area contributed by atoms with Gasteiger partial charge in [0.1, 0.15) is 24.7 Å². The lowest BCUT2D eigenvalue weighted by atomic mass is 9.85. The Kier molecular flexibility index (Phi) is 16.7. The third-order valence-electron chi connectivity index (χ3n) is 13.5. The molecule has 0 bridgehead atoms. The van der Waals surface area contributed by atoms with Gasteiger partial charge in [-0.1, -0.05) is 75.7 Å². The molecule has 374 valence electrons. The first kappa shape index (κ1) is 51.6. The number of nitrogens with one attached hydrogen (secondary N) is 3. The van der Waals surface area contributed by atoms with E-state index in [1.54, 1.807) is 28.4 Å². The van der Waals surface area contributed by atoms with E-state index in [4.69, 9.17) is 10.5 Å². The molecule has 0 aliphatic carbocycles. The van der Waals surface area contributed by atoms with Gasteiger partial charge in [0.05, 0.1) is 40.0 Å². The minimum Gasteiger partial charge on any atom is -0.488 e. The van der Waals surface area contributed by atoms with Crippen LogP contribution in [0.2, 0.25) is 0 Å². The lowest BCUT2D eigenvalue weighted by Gasteiger charge is -2.35. The van der Waals surface area contributed by atoms with E-state index in [2.05, 4.69) is 20.9 Å². The number of ether oxygens (including phenoxy) is 1. The molecule has 0 saturated carbocycles. The molecule has 17 heteroatoms. The molecule has 4 heterocycles. The van der Waals surface area contributed by atoms with E-state index >= 15 is 4.39 Å². The van der Waals surface area contributed by atoms with Gasteiger partial charge < -0.3 is 36.4 Å². The van der Waals surface area contributed by atoms with E-state index in [9.17, 15) is 33.9 Å². The number of thiazole rings is 1. The molecule has 3 aromatic carbocycles. The van der Waals surface area contributed by atoms with Gasteiger partial charge in [-0.2, -0.15) is 0 Å². The first-order chi connectivity index (χ1) is 33.4. The third kappa shape index (κ3) is 12.6. The molecule has 3 aliphatic rings. The fourth-order valence-corrected chi connectivity index (χ4v) is 10.5. The minimum atomic E-state index is -0.950. The van der Waals surface area contributed by atoms with Crippen molar-refractivity contribution in [1.29, 1.82) is 0 Å². The van der Waals surface area contributed by atoms with Crippen LogP contribution in [0.15, 0.2) is 66.2 Å². The van der Waals surface area contributed by atoms with E-state index < -0.39 is 53.3 Å². The second-order valence-corrected chi connectivity index (χ2v) is 20.8. The summed E-state index contributed by atoms with van der Waals surface area (Å²) in [5, 5.41) is 19.6. The summed E-state index contributed by atoms with van der Waals surface area (Å²) in [4.78, 5) is 88.4. The van der Waals surface area contributed by atoms with Crippen molar-refractivity contribution in [2.24, 2.45) is 11.1 Å². The molecule has 6 amide bonds. The Morgan fingerprint density at radius 3 is 2.40 bits per heavy atom. The largest absolute Gasteiger partial charge is 0.488 e. The van der Waals surface area contributed by atoms with Crippen molar-refractivity contribution in [1.82, 2.24) is 25.8 Å². The van der Waals surface area contributed by atoms with E-state index in [0.29, 0.717) is 44.9 Å². The van der Waals surface area contributed by atoms with Crippen LogP contribution in [0.4, 0.5) is 10.1 Å². The van der Waals surface area contributed by atoms with E-state index in [0.717, 1.165) is 50.5 Å². The molecule has 15 nitrogen and oxygen atoms in total. The number of hydrogen-bond acceptors (Lipinski definition) is 10. The number of anilines is 1. The maximum Gasteiger partial charge on any atom is 0.246 e. The second kappa shape index (κ2) is 22.7. The van der Waals surface area contributed by atoms with Gasteiger partial charge >= 0.3 is 0 Å². The number of para-hydroxylation sites is 1. The number of rotatable bonds is 20. The lowest BCUT2D eigenvalue weighted by molar-refractivity contribution is -0.144.